The molecule has 0 aliphatic carbocycles. The Morgan fingerprint density at radius 2 is 1.20 bits per heavy atom. The number of aliphatic hydroxyl groups is 5. The van der Waals surface area contributed by atoms with E-state index in [0.717, 1.165) is 26.4 Å². The van der Waals surface area contributed by atoms with Gasteiger partial charge >= 0.3 is 0 Å². The lowest BCUT2D eigenvalue weighted by molar-refractivity contribution is -0.257. The fourth-order valence-electron chi connectivity index (χ4n) is 3.61. The predicted octanol–water partition coefficient (Wildman–Crippen LogP) is 2.84. The summed E-state index contributed by atoms with van der Waals surface area (Å²) in [5.41, 5.74) is 0. The van der Waals surface area contributed by atoms with Crippen LogP contribution < -0.4 is 0 Å². The first-order valence-electron chi connectivity index (χ1n) is 11.8. The summed E-state index contributed by atoms with van der Waals surface area (Å²) in [6.45, 7) is 1.42. The van der Waals surface area contributed by atoms with Gasteiger partial charge in [-0.05, 0) is 6.42 Å². The number of methoxy groups -OCH3 is 1. The standard InChI is InChI=1S/C23H46O7/c1-3-4-5-6-7-8-9-10-11-12-13-14-15-16-17-20(26)23(29,30-2)22(28)21(27)19(25)18-24/h19,21-22,24-25,27-29H,3-18H2,1-2H3. The quantitative estimate of drug-likeness (QED) is 0.139. The van der Waals surface area contributed by atoms with Crippen LogP contribution in [0.15, 0.2) is 0 Å². The van der Waals surface area contributed by atoms with E-state index in [9.17, 15) is 25.2 Å². The molecule has 0 radical (unpaired) electrons. The molecule has 0 bridgehead atoms. The van der Waals surface area contributed by atoms with Crippen molar-refractivity contribution >= 4 is 5.78 Å². The van der Waals surface area contributed by atoms with Crippen LogP contribution in [0.2, 0.25) is 0 Å². The number of Topliss-reactive ketones (excluding diaryl/α,β-unsaturated/α-hetero) is 1. The topological polar surface area (TPSA) is 127 Å². The van der Waals surface area contributed by atoms with E-state index in [4.69, 9.17) is 9.84 Å². The molecule has 30 heavy (non-hydrogen) atoms. The molecule has 0 saturated heterocycles. The number of hydrogen-bond donors (Lipinski definition) is 5. The van der Waals surface area contributed by atoms with Gasteiger partial charge in [-0.3, -0.25) is 4.79 Å². The summed E-state index contributed by atoms with van der Waals surface area (Å²) in [6.07, 6.45) is 11.0. The van der Waals surface area contributed by atoms with Crippen LogP contribution in [0.25, 0.3) is 0 Å². The SMILES string of the molecule is CCCCCCCCCCCCCCCCC(=O)C(O)(OC)C(O)C(O)C(O)CO. The molecular formula is C23H46O7. The Morgan fingerprint density at radius 3 is 1.57 bits per heavy atom. The van der Waals surface area contributed by atoms with Crippen LogP contribution in [0.1, 0.15) is 103 Å². The molecule has 5 N–H and O–H groups in total. The molecule has 7 nitrogen and oxygen atoms in total. The van der Waals surface area contributed by atoms with Gasteiger partial charge in [0.25, 0.3) is 5.79 Å². The fraction of sp³-hybridized carbons (Fsp3) is 0.957. The van der Waals surface area contributed by atoms with Crippen LogP contribution in [0.5, 0.6) is 0 Å². The first-order chi connectivity index (χ1) is 14.3. The van der Waals surface area contributed by atoms with E-state index in [-0.39, 0.29) is 6.42 Å². The van der Waals surface area contributed by atoms with E-state index in [1.54, 1.807) is 0 Å². The van der Waals surface area contributed by atoms with Crippen LogP contribution in [0, 0.1) is 0 Å². The monoisotopic (exact) mass is 434 g/mol. The smallest absolute Gasteiger partial charge is 0.255 e. The fourth-order valence-corrected chi connectivity index (χ4v) is 3.61. The van der Waals surface area contributed by atoms with E-state index in [2.05, 4.69) is 6.92 Å². The Bertz CT molecular complexity index is 418. The zero-order valence-corrected chi connectivity index (χ0v) is 19.1. The second-order valence-electron chi connectivity index (χ2n) is 8.36. The van der Waals surface area contributed by atoms with E-state index in [0.29, 0.717) is 6.42 Å². The molecule has 0 aromatic heterocycles. The molecule has 180 valence electrons. The molecule has 0 aliphatic rings. The maximum Gasteiger partial charge on any atom is 0.255 e. The molecule has 0 spiro atoms. The minimum atomic E-state index is -2.61. The Kier molecular flexibility index (Phi) is 17.7. The molecule has 4 atom stereocenters. The average molecular weight is 435 g/mol. The summed E-state index contributed by atoms with van der Waals surface area (Å²) in [6, 6.07) is 0. The van der Waals surface area contributed by atoms with Crippen molar-refractivity contribution in [3.63, 3.8) is 0 Å². The molecule has 4 unspecified atom stereocenters. The molecular weight excluding hydrogens is 388 g/mol. The minimum Gasteiger partial charge on any atom is -0.394 e. The van der Waals surface area contributed by atoms with Gasteiger partial charge in [-0.1, -0.05) is 90.4 Å². The largest absolute Gasteiger partial charge is 0.394 e. The number of aliphatic hydroxyl groups excluding tert-OH is 4. The maximum atomic E-state index is 12.3. The van der Waals surface area contributed by atoms with Crippen molar-refractivity contribution in [3.8, 4) is 0 Å². The molecule has 0 heterocycles. The van der Waals surface area contributed by atoms with Gasteiger partial charge in [0.1, 0.15) is 18.3 Å². The summed E-state index contributed by atoms with van der Waals surface area (Å²) in [4.78, 5) is 12.3. The number of carbonyl (C=O) groups excluding carboxylic acids is 1. The number of unbranched alkanes of at least 4 members (excludes halogenated alkanes) is 13. The van der Waals surface area contributed by atoms with Crippen LogP contribution >= 0.6 is 0 Å². The molecule has 0 aromatic rings. The molecule has 0 saturated carbocycles. The molecule has 0 aromatic carbocycles. The van der Waals surface area contributed by atoms with Crippen molar-refractivity contribution in [1.82, 2.24) is 0 Å². The highest BCUT2D eigenvalue weighted by Crippen LogP contribution is 2.22. The van der Waals surface area contributed by atoms with Gasteiger partial charge in [-0.15, -0.1) is 0 Å². The van der Waals surface area contributed by atoms with Crippen molar-refractivity contribution in [3.05, 3.63) is 0 Å². The third-order valence-corrected chi connectivity index (χ3v) is 5.77. The Morgan fingerprint density at radius 1 is 0.800 bits per heavy atom. The van der Waals surface area contributed by atoms with Gasteiger partial charge in [0.2, 0.25) is 0 Å². The summed E-state index contributed by atoms with van der Waals surface area (Å²) < 4.78 is 4.75. The van der Waals surface area contributed by atoms with E-state index in [1.165, 1.54) is 64.2 Å². The Hall–Kier alpha value is -0.570. The number of ether oxygens (including phenoxy) is 1. The lowest BCUT2D eigenvalue weighted by Gasteiger charge is -2.34. The predicted molar refractivity (Wildman–Crippen MR) is 117 cm³/mol. The van der Waals surface area contributed by atoms with Crippen LogP contribution in [-0.2, 0) is 9.53 Å². The van der Waals surface area contributed by atoms with Crippen molar-refractivity contribution in [2.24, 2.45) is 0 Å². The Labute approximate surface area is 182 Å². The van der Waals surface area contributed by atoms with Gasteiger partial charge in [0.15, 0.2) is 5.78 Å². The number of ketones is 1. The maximum absolute atomic E-state index is 12.3. The number of rotatable bonds is 21. The van der Waals surface area contributed by atoms with Crippen molar-refractivity contribution in [2.75, 3.05) is 13.7 Å². The van der Waals surface area contributed by atoms with Gasteiger partial charge in [0, 0.05) is 13.5 Å². The minimum absolute atomic E-state index is 0.00136. The lowest BCUT2D eigenvalue weighted by Crippen LogP contribution is -2.59. The summed E-state index contributed by atoms with van der Waals surface area (Å²) in [5, 5.41) is 48.3. The summed E-state index contributed by atoms with van der Waals surface area (Å²) in [5.74, 6) is -3.35. The molecule has 0 rings (SSSR count). The molecule has 0 fully saturated rings. The highest BCUT2D eigenvalue weighted by atomic mass is 16.6. The van der Waals surface area contributed by atoms with Crippen LogP contribution in [-0.4, -0.2) is 69.1 Å². The van der Waals surface area contributed by atoms with Crippen LogP contribution in [0.4, 0.5) is 0 Å². The second-order valence-corrected chi connectivity index (χ2v) is 8.36. The molecule has 0 amide bonds. The summed E-state index contributed by atoms with van der Waals surface area (Å²) in [7, 11) is 1.05. The van der Waals surface area contributed by atoms with Gasteiger partial charge in [-0.2, -0.15) is 0 Å². The van der Waals surface area contributed by atoms with Gasteiger partial charge in [0.05, 0.1) is 6.61 Å². The molecule has 7 heteroatoms. The van der Waals surface area contributed by atoms with Crippen LogP contribution in [0.3, 0.4) is 0 Å². The third-order valence-electron chi connectivity index (χ3n) is 5.77. The lowest BCUT2D eigenvalue weighted by atomic mass is 9.93. The zero-order valence-electron chi connectivity index (χ0n) is 19.1. The van der Waals surface area contributed by atoms with Gasteiger partial charge in [-0.25, -0.2) is 0 Å². The number of hydrogen-bond acceptors (Lipinski definition) is 7. The first kappa shape index (κ1) is 29.4. The second kappa shape index (κ2) is 18.0. The highest BCUT2D eigenvalue weighted by molar-refractivity contribution is 5.86. The average Bonchev–Trinajstić information content (AvgIpc) is 2.76. The molecule has 0 aliphatic heterocycles. The van der Waals surface area contributed by atoms with Crippen molar-refractivity contribution < 1.29 is 35.1 Å². The van der Waals surface area contributed by atoms with E-state index in [1.807, 2.05) is 0 Å². The normalized spacial score (nSPS) is 16.8. The van der Waals surface area contributed by atoms with Gasteiger partial charge < -0.3 is 30.3 Å². The highest BCUT2D eigenvalue weighted by Gasteiger charge is 2.48. The van der Waals surface area contributed by atoms with Crippen molar-refractivity contribution in [2.45, 2.75) is 127 Å². The zero-order chi connectivity index (χ0) is 22.8. The Balaban J connectivity index is 3.85. The van der Waals surface area contributed by atoms with E-state index < -0.39 is 36.5 Å². The third kappa shape index (κ3) is 11.7. The first-order valence-corrected chi connectivity index (χ1v) is 11.8. The number of carbonyl (C=O) groups is 1. The summed E-state index contributed by atoms with van der Waals surface area (Å²) >= 11 is 0. The van der Waals surface area contributed by atoms with Crippen molar-refractivity contribution in [1.29, 1.82) is 0 Å². The van der Waals surface area contributed by atoms with E-state index >= 15 is 0 Å².